The van der Waals surface area contributed by atoms with E-state index >= 15 is 0 Å². The largest absolute Gasteiger partial charge is 0.481 e. The number of carboxylic acids is 1. The van der Waals surface area contributed by atoms with Crippen molar-refractivity contribution in [2.45, 2.75) is 25.8 Å². The van der Waals surface area contributed by atoms with Gasteiger partial charge < -0.3 is 10.0 Å². The first kappa shape index (κ1) is 14.3. The van der Waals surface area contributed by atoms with Crippen LogP contribution in [0, 0.1) is 6.92 Å². The molecule has 0 aromatic carbocycles. The number of carbonyl (C=O) groups is 2. The summed E-state index contributed by atoms with van der Waals surface area (Å²) >= 11 is 3.23. The van der Waals surface area contributed by atoms with Crippen molar-refractivity contribution in [2.24, 2.45) is 0 Å². The lowest BCUT2D eigenvalue weighted by atomic mass is 10.1. The van der Waals surface area contributed by atoms with Gasteiger partial charge in [-0.2, -0.15) is 11.8 Å². The van der Waals surface area contributed by atoms with Gasteiger partial charge in [0.25, 0.3) is 0 Å². The maximum atomic E-state index is 12.3. The minimum atomic E-state index is -0.852. The first-order valence-electron chi connectivity index (χ1n) is 6.06. The standard InChI is InChI=1S/C12H16N2O3S2/c1-8-13-9(6-19-8)4-11(15)14-2-3-18-7-10(14)5-12(16)17/h6,10H,2-5,7H2,1H3,(H,16,17). The summed E-state index contributed by atoms with van der Waals surface area (Å²) < 4.78 is 0. The fourth-order valence-corrected chi connectivity index (χ4v) is 3.77. The van der Waals surface area contributed by atoms with E-state index in [0.717, 1.165) is 16.5 Å². The van der Waals surface area contributed by atoms with Gasteiger partial charge in [0, 0.05) is 23.4 Å². The van der Waals surface area contributed by atoms with E-state index in [0.29, 0.717) is 12.3 Å². The number of aromatic nitrogens is 1. The number of carboxylic acid groups (broad SMARTS) is 1. The number of hydrogen-bond donors (Lipinski definition) is 1. The van der Waals surface area contributed by atoms with Gasteiger partial charge in [0.05, 0.1) is 29.6 Å². The summed E-state index contributed by atoms with van der Waals surface area (Å²) in [6.45, 7) is 2.54. The zero-order valence-corrected chi connectivity index (χ0v) is 12.3. The Balaban J connectivity index is 2.00. The third-order valence-corrected chi connectivity index (χ3v) is 4.87. The van der Waals surface area contributed by atoms with Gasteiger partial charge in [-0.1, -0.05) is 0 Å². The van der Waals surface area contributed by atoms with Gasteiger partial charge in [0.2, 0.25) is 5.91 Å². The second-order valence-corrected chi connectivity index (χ2v) is 6.66. The van der Waals surface area contributed by atoms with E-state index in [1.54, 1.807) is 16.7 Å². The molecule has 1 aromatic rings. The van der Waals surface area contributed by atoms with Crippen LogP contribution >= 0.6 is 23.1 Å². The molecule has 1 N–H and O–H groups in total. The number of amides is 1. The molecule has 0 spiro atoms. The highest BCUT2D eigenvalue weighted by Gasteiger charge is 2.28. The number of thiazole rings is 1. The van der Waals surface area contributed by atoms with Crippen molar-refractivity contribution in [2.75, 3.05) is 18.1 Å². The molecule has 1 amide bonds. The van der Waals surface area contributed by atoms with Crippen LogP contribution in [0.3, 0.4) is 0 Å². The van der Waals surface area contributed by atoms with Crippen LogP contribution in [0.25, 0.3) is 0 Å². The second kappa shape index (κ2) is 6.38. The average molecular weight is 300 g/mol. The van der Waals surface area contributed by atoms with E-state index in [4.69, 9.17) is 5.11 Å². The Kier molecular flexibility index (Phi) is 4.81. The van der Waals surface area contributed by atoms with Crippen molar-refractivity contribution in [3.05, 3.63) is 16.1 Å². The van der Waals surface area contributed by atoms with Crippen molar-refractivity contribution < 1.29 is 14.7 Å². The lowest BCUT2D eigenvalue weighted by Crippen LogP contribution is -2.47. The van der Waals surface area contributed by atoms with Crippen LogP contribution in [-0.4, -0.2) is 51.0 Å². The highest BCUT2D eigenvalue weighted by molar-refractivity contribution is 7.99. The van der Waals surface area contributed by atoms with Gasteiger partial charge in [-0.25, -0.2) is 4.98 Å². The van der Waals surface area contributed by atoms with Crippen molar-refractivity contribution >= 4 is 35.0 Å². The van der Waals surface area contributed by atoms with Gasteiger partial charge in [-0.05, 0) is 6.92 Å². The van der Waals surface area contributed by atoms with Crippen molar-refractivity contribution in [1.29, 1.82) is 0 Å². The summed E-state index contributed by atoms with van der Waals surface area (Å²) in [6, 6.07) is -0.191. The van der Waals surface area contributed by atoms with Crippen molar-refractivity contribution in [1.82, 2.24) is 9.88 Å². The third kappa shape index (κ3) is 3.94. The molecule has 19 heavy (non-hydrogen) atoms. The summed E-state index contributed by atoms with van der Waals surface area (Å²) in [5.74, 6) is 0.707. The van der Waals surface area contributed by atoms with Gasteiger partial charge in [-0.3, -0.25) is 9.59 Å². The van der Waals surface area contributed by atoms with Gasteiger partial charge in [-0.15, -0.1) is 11.3 Å². The van der Waals surface area contributed by atoms with E-state index in [1.807, 2.05) is 12.3 Å². The first-order valence-corrected chi connectivity index (χ1v) is 8.09. The van der Waals surface area contributed by atoms with E-state index in [1.165, 1.54) is 11.3 Å². The quantitative estimate of drug-likeness (QED) is 0.910. The Bertz CT molecular complexity index is 475. The molecule has 0 radical (unpaired) electrons. The fraction of sp³-hybridized carbons (Fsp3) is 0.583. The van der Waals surface area contributed by atoms with Crippen LogP contribution < -0.4 is 0 Å². The van der Waals surface area contributed by atoms with Crippen molar-refractivity contribution in [3.63, 3.8) is 0 Å². The molecule has 104 valence electrons. The topological polar surface area (TPSA) is 70.5 Å². The molecule has 0 bridgehead atoms. The monoisotopic (exact) mass is 300 g/mol. The fourth-order valence-electron chi connectivity index (χ4n) is 2.10. The average Bonchev–Trinajstić information content (AvgIpc) is 2.74. The summed E-state index contributed by atoms with van der Waals surface area (Å²) in [6.07, 6.45) is 0.292. The highest BCUT2D eigenvalue weighted by Crippen LogP contribution is 2.20. The van der Waals surface area contributed by atoms with Crippen molar-refractivity contribution in [3.8, 4) is 0 Å². The van der Waals surface area contributed by atoms with Crippen LogP contribution in [0.2, 0.25) is 0 Å². The second-order valence-electron chi connectivity index (χ2n) is 4.45. The molecule has 7 heteroatoms. The molecule has 1 aromatic heterocycles. The number of rotatable bonds is 4. The molecule has 1 atom stereocenters. The Morgan fingerprint density at radius 1 is 1.58 bits per heavy atom. The zero-order chi connectivity index (χ0) is 13.8. The molecule has 1 fully saturated rings. The number of hydrogen-bond acceptors (Lipinski definition) is 5. The van der Waals surface area contributed by atoms with E-state index < -0.39 is 5.97 Å². The molecule has 1 aliphatic rings. The van der Waals surface area contributed by atoms with Crippen LogP contribution in [0.5, 0.6) is 0 Å². The normalized spacial score (nSPS) is 19.4. The number of aliphatic carboxylic acids is 1. The number of aryl methyl sites for hydroxylation is 1. The summed E-state index contributed by atoms with van der Waals surface area (Å²) in [4.78, 5) is 29.1. The maximum absolute atomic E-state index is 12.3. The Morgan fingerprint density at radius 3 is 3.00 bits per heavy atom. The summed E-state index contributed by atoms with van der Waals surface area (Å²) in [5, 5.41) is 11.7. The number of thioether (sulfide) groups is 1. The lowest BCUT2D eigenvalue weighted by Gasteiger charge is -2.34. The zero-order valence-electron chi connectivity index (χ0n) is 10.7. The molecule has 2 heterocycles. The molecule has 5 nitrogen and oxygen atoms in total. The van der Waals surface area contributed by atoms with Crippen LogP contribution in [-0.2, 0) is 16.0 Å². The number of carbonyl (C=O) groups excluding carboxylic acids is 1. The molecule has 1 saturated heterocycles. The molecule has 2 rings (SSSR count). The van der Waals surface area contributed by atoms with E-state index in [9.17, 15) is 9.59 Å². The third-order valence-electron chi connectivity index (χ3n) is 2.96. The maximum Gasteiger partial charge on any atom is 0.305 e. The molecule has 1 unspecified atom stereocenters. The van der Waals surface area contributed by atoms with E-state index in [-0.39, 0.29) is 24.8 Å². The van der Waals surface area contributed by atoms with Gasteiger partial charge in [0.15, 0.2) is 0 Å². The first-order chi connectivity index (χ1) is 9.06. The van der Waals surface area contributed by atoms with Crippen LogP contribution in [0.1, 0.15) is 17.1 Å². The summed E-state index contributed by atoms with van der Waals surface area (Å²) in [7, 11) is 0. The molecule has 1 aliphatic heterocycles. The highest BCUT2D eigenvalue weighted by atomic mass is 32.2. The predicted molar refractivity (Wildman–Crippen MR) is 75.6 cm³/mol. The van der Waals surface area contributed by atoms with Gasteiger partial charge in [0.1, 0.15) is 0 Å². The minimum Gasteiger partial charge on any atom is -0.481 e. The molecule has 0 saturated carbocycles. The molecular formula is C12H16N2O3S2. The molecule has 0 aliphatic carbocycles. The summed E-state index contributed by atoms with van der Waals surface area (Å²) in [5.41, 5.74) is 0.778. The molecular weight excluding hydrogens is 284 g/mol. The minimum absolute atomic E-state index is 0.0168. The predicted octanol–water partition coefficient (Wildman–Crippen LogP) is 1.41. The Hall–Kier alpha value is -1.08. The Morgan fingerprint density at radius 2 is 2.37 bits per heavy atom. The van der Waals surface area contributed by atoms with E-state index in [2.05, 4.69) is 4.98 Å². The lowest BCUT2D eigenvalue weighted by molar-refractivity contribution is -0.140. The smallest absolute Gasteiger partial charge is 0.305 e. The van der Waals surface area contributed by atoms with Gasteiger partial charge >= 0.3 is 5.97 Å². The number of nitrogens with zero attached hydrogens (tertiary/aromatic N) is 2. The van der Waals surface area contributed by atoms with Crippen LogP contribution in [0.4, 0.5) is 0 Å². The SMILES string of the molecule is Cc1nc(CC(=O)N2CCSCC2CC(=O)O)cs1. The Labute approximate surface area is 120 Å². The van der Waals surface area contributed by atoms with Crippen LogP contribution in [0.15, 0.2) is 5.38 Å².